The van der Waals surface area contributed by atoms with Gasteiger partial charge >= 0.3 is 12.0 Å². The molecule has 3 rings (SSSR count). The summed E-state index contributed by atoms with van der Waals surface area (Å²) in [6.07, 6.45) is 14.2. The first-order chi connectivity index (χ1) is 31.6. The number of primary amides is 1. The number of aromatic amines is 1. The molecule has 1 aromatic carbocycles. The van der Waals surface area contributed by atoms with Gasteiger partial charge in [0.05, 0.1) is 42.5 Å². The van der Waals surface area contributed by atoms with Gasteiger partial charge in [0.25, 0.3) is 0 Å². The number of nitrogens with one attached hydrogen (secondary N) is 5. The topological polar surface area (TPSA) is 286 Å². The molecule has 7 atom stereocenters. The summed E-state index contributed by atoms with van der Waals surface area (Å²) >= 11 is 4.37. The number of thiol groups is 1. The average molecular weight is 1030 g/mol. The Hall–Kier alpha value is -4.55. The lowest BCUT2D eigenvalue weighted by atomic mass is 9.90. The molecule has 1 aliphatic rings. The number of hydrogen-bond acceptors (Lipinski definition) is 12. The van der Waals surface area contributed by atoms with E-state index in [0.717, 1.165) is 17.5 Å². The molecule has 370 valence electrons. The number of aliphatic carboxylic acids is 1. The van der Waals surface area contributed by atoms with E-state index in [0.29, 0.717) is 68.8 Å². The lowest BCUT2D eigenvalue weighted by Gasteiger charge is -2.25. The van der Waals surface area contributed by atoms with E-state index in [1.165, 1.54) is 6.33 Å². The van der Waals surface area contributed by atoms with Crippen LogP contribution in [-0.2, 0) is 63.1 Å². The summed E-state index contributed by atoms with van der Waals surface area (Å²) in [4.78, 5) is 112. The van der Waals surface area contributed by atoms with Gasteiger partial charge in [-0.05, 0) is 68.1 Å². The zero-order valence-electron chi connectivity index (χ0n) is 38.4. The van der Waals surface area contributed by atoms with Crippen molar-refractivity contribution >= 4 is 70.5 Å². The number of hydrogen-bond donors (Lipinski definition) is 9. The lowest BCUT2D eigenvalue weighted by molar-refractivity contribution is -0.144. The number of benzene rings is 1. The van der Waals surface area contributed by atoms with Crippen LogP contribution in [0.1, 0.15) is 100 Å². The molecule has 67 heavy (non-hydrogen) atoms. The number of terminal acetylenes is 1. The summed E-state index contributed by atoms with van der Waals surface area (Å²) in [6, 6.07) is 4.39. The number of Topliss-reactive ketones (excluding diaryl/α,β-unsaturated/α-hetero) is 4. The van der Waals surface area contributed by atoms with Gasteiger partial charge in [0.2, 0.25) is 11.8 Å². The molecule has 1 fully saturated rings. The summed E-state index contributed by atoms with van der Waals surface area (Å²) in [5.41, 5.74) is 13.6. The van der Waals surface area contributed by atoms with Gasteiger partial charge in [-0.3, -0.25) is 33.6 Å². The van der Waals surface area contributed by atoms with Crippen molar-refractivity contribution in [3.05, 3.63) is 53.6 Å². The van der Waals surface area contributed by atoms with Crippen molar-refractivity contribution in [3.63, 3.8) is 0 Å². The standard InChI is InChI=1S/C47H68N8O9S2.BrH/c1-3-4-10-37(56)22-31-13-15-32(16-14-31)29-66(2)21-17-34(46(62)63)25-42(58)39(12-8-20-52-47(49)64)54-44(60)33(9-5-6-18-48)24-43(59)40(28-65)55-45(61)35(23-36-27-50-30-53-36)26-41(57)38-11-7-19-51-38;/h1,13-16,27,30,33-35,38-40,51H,4-12,17-26,28-29,48H2,2H3,(H7-,49,50,52,53,54,55,60,61,62,63,64,65);1H/t33-,34-,35-,38+,39+,40+,66?;/m1./s1. The molecular weight excluding hydrogens is 965 g/mol. The number of nitrogens with two attached hydrogens (primary N) is 2. The first kappa shape index (κ1) is 58.6. The van der Waals surface area contributed by atoms with Gasteiger partial charge in [-0.25, -0.2) is 9.78 Å². The molecule has 0 spiro atoms. The van der Waals surface area contributed by atoms with Crippen LogP contribution < -0.4 is 49.7 Å². The van der Waals surface area contributed by atoms with Gasteiger partial charge in [0, 0.05) is 87.0 Å². The van der Waals surface area contributed by atoms with Crippen LogP contribution in [0.3, 0.4) is 0 Å². The Morgan fingerprint density at radius 2 is 1.60 bits per heavy atom. The molecule has 2 aromatic rings. The Labute approximate surface area is 413 Å². The first-order valence-electron chi connectivity index (χ1n) is 22.7. The minimum atomic E-state index is -1.14. The number of halogens is 1. The second kappa shape index (κ2) is 32.2. The predicted molar refractivity (Wildman–Crippen MR) is 257 cm³/mol. The van der Waals surface area contributed by atoms with Crippen LogP contribution in [0.25, 0.3) is 0 Å². The Morgan fingerprint density at radius 3 is 2.21 bits per heavy atom. The number of aromatic nitrogens is 2. The molecule has 4 amide bonds. The van der Waals surface area contributed by atoms with E-state index in [1.54, 1.807) is 6.20 Å². The minimum Gasteiger partial charge on any atom is -1.00 e. The zero-order valence-corrected chi connectivity index (χ0v) is 41.7. The third-order valence-corrected chi connectivity index (χ3v) is 13.8. The van der Waals surface area contributed by atoms with Crippen molar-refractivity contribution < 1.29 is 60.4 Å². The number of unbranched alkanes of at least 4 members (excludes halogenated alkanes) is 1. The van der Waals surface area contributed by atoms with E-state index in [4.69, 9.17) is 17.9 Å². The van der Waals surface area contributed by atoms with Crippen LogP contribution in [0, 0.1) is 30.1 Å². The van der Waals surface area contributed by atoms with E-state index >= 15 is 0 Å². The molecule has 0 aliphatic carbocycles. The van der Waals surface area contributed by atoms with Crippen LogP contribution in [0.15, 0.2) is 36.8 Å². The molecule has 10 N–H and O–H groups in total. The highest BCUT2D eigenvalue weighted by atomic mass is 79.9. The number of ketones is 4. The number of carboxylic acids is 1. The molecular formula is C47H69BrN8O9S2. The van der Waals surface area contributed by atoms with E-state index in [9.17, 15) is 43.5 Å². The van der Waals surface area contributed by atoms with Crippen molar-refractivity contribution in [2.24, 2.45) is 29.2 Å². The SMILES string of the molecule is C#CCCC(=O)Cc1ccc(C[S+](C)CC[C@H](CC(=O)[C@H](CCCNC(N)=O)NC(=O)[C@H](CCCCN)CC(=O)[C@H](CS)NC(=O)[C@@H](CC(=O)[C@@H]2CCCN2)Cc2cnc[nH]2)C(=O)O)cc1.[Br-]. The van der Waals surface area contributed by atoms with Crippen LogP contribution in [0.2, 0.25) is 0 Å². The maximum Gasteiger partial charge on any atom is 0.312 e. The molecule has 20 heteroatoms. The number of carbonyl (C=O) groups excluding carboxylic acids is 7. The molecule has 0 saturated carbocycles. The van der Waals surface area contributed by atoms with Crippen molar-refractivity contribution in [2.45, 2.75) is 120 Å². The molecule has 1 saturated heterocycles. The average Bonchev–Trinajstić information content (AvgIpc) is 4.03. The molecule has 2 heterocycles. The Bertz CT molecular complexity index is 1940. The fraction of sp³-hybridized carbons (Fsp3) is 0.596. The summed E-state index contributed by atoms with van der Waals surface area (Å²) in [6.45, 7) is 1.16. The van der Waals surface area contributed by atoms with Crippen LogP contribution >= 0.6 is 12.6 Å². The number of H-pyrrole nitrogens is 1. The Kier molecular flexibility index (Phi) is 28.2. The van der Waals surface area contributed by atoms with E-state index < -0.39 is 65.2 Å². The van der Waals surface area contributed by atoms with E-state index in [1.807, 2.05) is 30.5 Å². The van der Waals surface area contributed by atoms with Crippen molar-refractivity contribution in [2.75, 3.05) is 37.4 Å². The fourth-order valence-corrected chi connectivity index (χ4v) is 9.72. The number of urea groups is 1. The molecule has 1 aliphatic heterocycles. The summed E-state index contributed by atoms with van der Waals surface area (Å²) in [7, 11) is -0.244. The third-order valence-electron chi connectivity index (χ3n) is 11.7. The number of imidazole rings is 1. The van der Waals surface area contributed by atoms with Crippen molar-refractivity contribution in [1.82, 2.24) is 31.2 Å². The lowest BCUT2D eigenvalue weighted by Crippen LogP contribution is -3.00. The van der Waals surface area contributed by atoms with Gasteiger partial charge in [-0.15, -0.1) is 12.3 Å². The number of nitrogens with zero attached hydrogens (tertiary/aromatic N) is 1. The second-order valence-electron chi connectivity index (χ2n) is 17.0. The third kappa shape index (κ3) is 22.4. The van der Waals surface area contributed by atoms with Crippen molar-refractivity contribution in [1.29, 1.82) is 0 Å². The molecule has 1 aromatic heterocycles. The molecule has 0 bridgehead atoms. The van der Waals surface area contributed by atoms with Gasteiger partial charge in [-0.2, -0.15) is 12.6 Å². The number of amides is 4. The van der Waals surface area contributed by atoms with Crippen LogP contribution in [0.5, 0.6) is 0 Å². The molecule has 0 radical (unpaired) electrons. The highest BCUT2D eigenvalue weighted by Crippen LogP contribution is 2.21. The van der Waals surface area contributed by atoms with Gasteiger partial charge < -0.3 is 59.8 Å². The minimum absolute atomic E-state index is 0. The molecule has 1 unspecified atom stereocenters. The maximum absolute atomic E-state index is 14.1. The normalized spacial score (nSPS) is 15.9. The zero-order chi connectivity index (χ0) is 48.4. The highest BCUT2D eigenvalue weighted by molar-refractivity contribution is 7.95. The predicted octanol–water partition coefficient (Wildman–Crippen LogP) is -0.641. The highest BCUT2D eigenvalue weighted by Gasteiger charge is 2.34. The van der Waals surface area contributed by atoms with Gasteiger partial charge in [0.1, 0.15) is 17.3 Å². The van der Waals surface area contributed by atoms with Gasteiger partial charge in [0.15, 0.2) is 17.3 Å². The quantitative estimate of drug-likeness (QED) is 0.0183. The summed E-state index contributed by atoms with van der Waals surface area (Å²) in [5.74, 6) is -2.41. The maximum atomic E-state index is 14.1. The molecule has 17 nitrogen and oxygen atoms in total. The van der Waals surface area contributed by atoms with E-state index in [2.05, 4.69) is 49.8 Å². The fourth-order valence-electron chi connectivity index (χ4n) is 7.83. The van der Waals surface area contributed by atoms with Crippen LogP contribution in [-0.4, -0.2) is 118 Å². The first-order valence-corrected chi connectivity index (χ1v) is 25.3. The number of rotatable bonds is 34. The summed E-state index contributed by atoms with van der Waals surface area (Å²) < 4.78 is 0. The second-order valence-corrected chi connectivity index (χ2v) is 19.7. The summed E-state index contributed by atoms with van der Waals surface area (Å²) in [5, 5.41) is 21.4. The largest absolute Gasteiger partial charge is 1.00 e. The monoisotopic (exact) mass is 1030 g/mol. The Morgan fingerprint density at radius 1 is 0.925 bits per heavy atom. The van der Waals surface area contributed by atoms with Crippen LogP contribution in [0.4, 0.5) is 4.79 Å². The number of carbonyl (C=O) groups is 8. The van der Waals surface area contributed by atoms with Crippen molar-refractivity contribution in [3.8, 4) is 12.3 Å². The smallest absolute Gasteiger partial charge is 0.312 e. The van der Waals surface area contributed by atoms with Gasteiger partial charge in [-0.1, -0.05) is 30.7 Å². The number of carboxylic acid groups (broad SMARTS) is 1. The van der Waals surface area contributed by atoms with E-state index in [-0.39, 0.29) is 109 Å². The Balaban J connectivity index is 0.0000154.